The number of hydrogen-bond acceptors (Lipinski definition) is 0. The van der Waals surface area contributed by atoms with E-state index in [9.17, 15) is 0 Å². The molecule has 0 saturated carbocycles. The zero-order valence-electron chi connectivity index (χ0n) is 10.5. The molecule has 0 aliphatic rings. The molecule has 0 heterocycles. The second kappa shape index (κ2) is 8.15. The molecule has 16 heavy (non-hydrogen) atoms. The molecule has 0 aliphatic heterocycles. The van der Waals surface area contributed by atoms with Gasteiger partial charge >= 0.3 is 0 Å². The van der Waals surface area contributed by atoms with Crippen LogP contribution in [0.2, 0.25) is 0 Å². The maximum atomic E-state index is 3.77. The molecular weight excluding hydrogens is 192 g/mol. The summed E-state index contributed by atoms with van der Waals surface area (Å²) >= 11 is 0. The van der Waals surface area contributed by atoms with E-state index in [1.165, 1.54) is 37.7 Å². The fourth-order valence-electron chi connectivity index (χ4n) is 2.23. The first-order valence-electron chi connectivity index (χ1n) is 6.54. The largest absolute Gasteiger partial charge is 0.103 e. The van der Waals surface area contributed by atoms with Gasteiger partial charge in [0.25, 0.3) is 0 Å². The summed E-state index contributed by atoms with van der Waals surface area (Å²) in [7, 11) is 0. The molecule has 0 radical (unpaired) electrons. The molecule has 1 aromatic carbocycles. The van der Waals surface area contributed by atoms with Crippen LogP contribution in [-0.2, 0) is 0 Å². The lowest BCUT2D eigenvalue weighted by atomic mass is 9.89. The van der Waals surface area contributed by atoms with Crippen molar-refractivity contribution in [3.05, 3.63) is 48.6 Å². The summed E-state index contributed by atoms with van der Waals surface area (Å²) in [6.07, 6.45) is 9.72. The Morgan fingerprint density at radius 1 is 1.12 bits per heavy atom. The quantitative estimate of drug-likeness (QED) is 0.407. The molecule has 0 amide bonds. The molecule has 1 unspecified atom stereocenters. The molecular formula is C16H24. The minimum Gasteiger partial charge on any atom is -0.103 e. The van der Waals surface area contributed by atoms with Crippen LogP contribution in [0.25, 0.3) is 0 Å². The number of rotatable bonds is 8. The van der Waals surface area contributed by atoms with E-state index in [0.717, 1.165) is 12.3 Å². The van der Waals surface area contributed by atoms with Gasteiger partial charge in [0, 0.05) is 0 Å². The number of allylic oxidation sites excluding steroid dienone is 1. The normalized spacial score (nSPS) is 12.3. The molecule has 0 heteroatoms. The third-order valence-electron chi connectivity index (χ3n) is 3.12. The van der Waals surface area contributed by atoms with Gasteiger partial charge in [-0.15, -0.1) is 6.58 Å². The van der Waals surface area contributed by atoms with Gasteiger partial charge in [-0.05, 0) is 37.2 Å². The van der Waals surface area contributed by atoms with Gasteiger partial charge in [0.2, 0.25) is 0 Å². The predicted molar refractivity (Wildman–Crippen MR) is 72.8 cm³/mol. The van der Waals surface area contributed by atoms with Crippen LogP contribution in [0.15, 0.2) is 43.0 Å². The third kappa shape index (κ3) is 4.65. The lowest BCUT2D eigenvalue weighted by molar-refractivity contribution is 0.534. The van der Waals surface area contributed by atoms with E-state index in [2.05, 4.69) is 43.8 Å². The van der Waals surface area contributed by atoms with Crippen molar-refractivity contribution < 1.29 is 0 Å². The molecule has 0 aromatic heterocycles. The maximum Gasteiger partial charge on any atom is -0.0162 e. The first kappa shape index (κ1) is 13.0. The van der Waals surface area contributed by atoms with Crippen LogP contribution in [0.3, 0.4) is 0 Å². The van der Waals surface area contributed by atoms with Gasteiger partial charge in [0.05, 0.1) is 0 Å². The molecule has 0 bridgehead atoms. The average Bonchev–Trinajstić information content (AvgIpc) is 2.34. The summed E-state index contributed by atoms with van der Waals surface area (Å²) in [5, 5.41) is 0. The van der Waals surface area contributed by atoms with E-state index in [4.69, 9.17) is 0 Å². The fraction of sp³-hybridized carbons (Fsp3) is 0.500. The number of benzene rings is 1. The highest BCUT2D eigenvalue weighted by Crippen LogP contribution is 2.26. The summed E-state index contributed by atoms with van der Waals surface area (Å²) in [6, 6.07) is 11.0. The highest BCUT2D eigenvalue weighted by atomic mass is 14.1. The van der Waals surface area contributed by atoms with Crippen molar-refractivity contribution in [1.29, 1.82) is 0 Å². The molecule has 1 rings (SSSR count). The minimum absolute atomic E-state index is 0.760. The number of unbranched alkanes of at least 4 members (excludes halogenated alkanes) is 2. The smallest absolute Gasteiger partial charge is 0.0162 e. The van der Waals surface area contributed by atoms with Crippen LogP contribution in [-0.4, -0.2) is 0 Å². The molecule has 0 saturated heterocycles. The van der Waals surface area contributed by atoms with Crippen LogP contribution in [0.4, 0.5) is 0 Å². The third-order valence-corrected chi connectivity index (χ3v) is 3.12. The van der Waals surface area contributed by atoms with E-state index in [0.29, 0.717) is 0 Å². The van der Waals surface area contributed by atoms with Crippen LogP contribution >= 0.6 is 0 Å². The Hall–Kier alpha value is -1.04. The van der Waals surface area contributed by atoms with Crippen LogP contribution < -0.4 is 0 Å². The van der Waals surface area contributed by atoms with E-state index in [1.807, 2.05) is 6.08 Å². The van der Waals surface area contributed by atoms with Gasteiger partial charge in [-0.2, -0.15) is 0 Å². The fourth-order valence-corrected chi connectivity index (χ4v) is 2.23. The monoisotopic (exact) mass is 216 g/mol. The Labute approximate surface area is 100 Å². The Morgan fingerprint density at radius 3 is 2.50 bits per heavy atom. The summed E-state index contributed by atoms with van der Waals surface area (Å²) in [6.45, 7) is 6.05. The van der Waals surface area contributed by atoms with Gasteiger partial charge in [-0.3, -0.25) is 0 Å². The van der Waals surface area contributed by atoms with Gasteiger partial charge < -0.3 is 0 Å². The first-order chi connectivity index (χ1) is 7.88. The summed E-state index contributed by atoms with van der Waals surface area (Å²) in [5.74, 6) is 0.760. The van der Waals surface area contributed by atoms with E-state index in [1.54, 1.807) is 0 Å². The van der Waals surface area contributed by atoms with Crippen molar-refractivity contribution in [3.63, 3.8) is 0 Å². The Bertz CT molecular complexity index is 273. The van der Waals surface area contributed by atoms with Crippen LogP contribution in [0, 0.1) is 0 Å². The van der Waals surface area contributed by atoms with Crippen molar-refractivity contribution in [2.45, 2.75) is 51.4 Å². The topological polar surface area (TPSA) is 0 Å². The number of hydrogen-bond donors (Lipinski definition) is 0. The highest BCUT2D eigenvalue weighted by molar-refractivity contribution is 5.19. The molecule has 0 aliphatic carbocycles. The molecule has 1 aromatic rings. The molecule has 88 valence electrons. The van der Waals surface area contributed by atoms with Crippen molar-refractivity contribution in [3.8, 4) is 0 Å². The summed E-state index contributed by atoms with van der Waals surface area (Å²) < 4.78 is 0. The Morgan fingerprint density at radius 2 is 1.88 bits per heavy atom. The lowest BCUT2D eigenvalue weighted by Crippen LogP contribution is -1.98. The maximum absolute atomic E-state index is 3.77. The predicted octanol–water partition coefficient (Wildman–Crippen LogP) is 5.32. The zero-order valence-corrected chi connectivity index (χ0v) is 10.5. The van der Waals surface area contributed by atoms with E-state index in [-0.39, 0.29) is 0 Å². The second-order valence-corrected chi connectivity index (χ2v) is 4.47. The van der Waals surface area contributed by atoms with Gasteiger partial charge in [-0.25, -0.2) is 0 Å². The van der Waals surface area contributed by atoms with E-state index >= 15 is 0 Å². The second-order valence-electron chi connectivity index (χ2n) is 4.47. The summed E-state index contributed by atoms with van der Waals surface area (Å²) in [4.78, 5) is 0. The first-order valence-corrected chi connectivity index (χ1v) is 6.54. The van der Waals surface area contributed by atoms with Crippen molar-refractivity contribution in [2.24, 2.45) is 0 Å². The minimum atomic E-state index is 0.760. The molecule has 0 spiro atoms. The van der Waals surface area contributed by atoms with Gasteiger partial charge in [0.1, 0.15) is 0 Å². The molecule has 0 nitrogen and oxygen atoms in total. The van der Waals surface area contributed by atoms with Crippen molar-refractivity contribution in [1.82, 2.24) is 0 Å². The highest BCUT2D eigenvalue weighted by Gasteiger charge is 2.09. The molecule has 0 fully saturated rings. The van der Waals surface area contributed by atoms with Crippen LogP contribution in [0.1, 0.15) is 56.9 Å². The molecule has 1 atom stereocenters. The van der Waals surface area contributed by atoms with Crippen molar-refractivity contribution >= 4 is 0 Å². The Kier molecular flexibility index (Phi) is 6.64. The van der Waals surface area contributed by atoms with Gasteiger partial charge in [-0.1, -0.05) is 56.2 Å². The Balaban J connectivity index is 2.44. The SMILES string of the molecule is C=CCCCCC(CCC)c1ccccc1. The van der Waals surface area contributed by atoms with Gasteiger partial charge in [0.15, 0.2) is 0 Å². The standard InChI is InChI=1S/C16H24/c1-3-5-6-8-12-15(11-4-2)16-13-9-7-10-14-16/h3,7,9-10,13-15H,1,4-6,8,11-12H2,2H3. The zero-order chi connectivity index (χ0) is 11.6. The molecule has 0 N–H and O–H groups in total. The van der Waals surface area contributed by atoms with Crippen LogP contribution in [0.5, 0.6) is 0 Å². The average molecular weight is 216 g/mol. The van der Waals surface area contributed by atoms with Crippen molar-refractivity contribution in [2.75, 3.05) is 0 Å². The van der Waals surface area contributed by atoms with E-state index < -0.39 is 0 Å². The summed E-state index contributed by atoms with van der Waals surface area (Å²) in [5.41, 5.74) is 1.52. The lowest BCUT2D eigenvalue weighted by Gasteiger charge is -2.16.